The van der Waals surface area contributed by atoms with E-state index in [-0.39, 0.29) is 12.2 Å². The molecule has 0 aliphatic rings. The molecule has 1 amide bonds. The van der Waals surface area contributed by atoms with Crippen LogP contribution in [0.1, 0.15) is 5.56 Å². The van der Waals surface area contributed by atoms with Crippen molar-refractivity contribution in [2.24, 2.45) is 0 Å². The van der Waals surface area contributed by atoms with Crippen molar-refractivity contribution in [1.29, 1.82) is 0 Å². The molecule has 116 valence electrons. The molecule has 0 fully saturated rings. The summed E-state index contributed by atoms with van der Waals surface area (Å²) in [5.74, 6) is -1.06. The van der Waals surface area contributed by atoms with Gasteiger partial charge < -0.3 is 10.6 Å². The predicted molar refractivity (Wildman–Crippen MR) is 75.0 cm³/mol. The first kappa shape index (κ1) is 15.8. The summed E-state index contributed by atoms with van der Waals surface area (Å²) in [6, 6.07) is 9.98. The highest BCUT2D eigenvalue weighted by Crippen LogP contribution is 2.34. The van der Waals surface area contributed by atoms with Crippen molar-refractivity contribution >= 4 is 17.3 Å². The van der Waals surface area contributed by atoms with Gasteiger partial charge in [-0.1, -0.05) is 12.1 Å². The molecule has 2 aromatic carbocycles. The summed E-state index contributed by atoms with van der Waals surface area (Å²) in [6.07, 6.45) is -4.55. The summed E-state index contributed by atoms with van der Waals surface area (Å²) >= 11 is 0. The number of carbonyl (C=O) groups is 1. The van der Waals surface area contributed by atoms with Crippen LogP contribution < -0.4 is 10.6 Å². The number of alkyl halides is 3. The minimum Gasteiger partial charge on any atom is -0.376 e. The Bertz CT molecular complexity index is 653. The molecule has 2 N–H and O–H groups in total. The third-order valence-electron chi connectivity index (χ3n) is 2.80. The lowest BCUT2D eigenvalue weighted by Crippen LogP contribution is -2.23. The van der Waals surface area contributed by atoms with Gasteiger partial charge in [-0.05, 0) is 36.4 Å². The lowest BCUT2D eigenvalue weighted by molar-refractivity contribution is -0.137. The number of benzene rings is 2. The van der Waals surface area contributed by atoms with Gasteiger partial charge >= 0.3 is 6.18 Å². The molecule has 2 rings (SSSR count). The van der Waals surface area contributed by atoms with E-state index in [1.165, 1.54) is 42.5 Å². The van der Waals surface area contributed by atoms with Crippen LogP contribution in [0.3, 0.4) is 0 Å². The highest BCUT2D eigenvalue weighted by molar-refractivity contribution is 5.94. The number of halogens is 4. The summed E-state index contributed by atoms with van der Waals surface area (Å²) in [5, 5.41) is 4.89. The lowest BCUT2D eigenvalue weighted by atomic mass is 10.1. The second kappa shape index (κ2) is 6.46. The fraction of sp³-hybridized carbons (Fsp3) is 0.133. The molecule has 2 aromatic rings. The van der Waals surface area contributed by atoms with E-state index in [0.717, 1.165) is 6.07 Å². The van der Waals surface area contributed by atoms with Crippen molar-refractivity contribution in [3.8, 4) is 0 Å². The Labute approximate surface area is 124 Å². The Hall–Kier alpha value is -2.57. The fourth-order valence-corrected chi connectivity index (χ4v) is 1.78. The van der Waals surface area contributed by atoms with Gasteiger partial charge in [-0.25, -0.2) is 4.39 Å². The van der Waals surface area contributed by atoms with Crippen LogP contribution in [0.15, 0.2) is 48.5 Å². The largest absolute Gasteiger partial charge is 0.418 e. The van der Waals surface area contributed by atoms with E-state index in [9.17, 15) is 22.4 Å². The Morgan fingerprint density at radius 3 is 2.27 bits per heavy atom. The Morgan fingerprint density at radius 1 is 1.00 bits per heavy atom. The molecule has 0 saturated carbocycles. The average Bonchev–Trinajstić information content (AvgIpc) is 2.46. The van der Waals surface area contributed by atoms with Crippen LogP contribution in [-0.4, -0.2) is 12.5 Å². The van der Waals surface area contributed by atoms with E-state index in [4.69, 9.17) is 0 Å². The van der Waals surface area contributed by atoms with Gasteiger partial charge in [0, 0.05) is 5.69 Å². The van der Waals surface area contributed by atoms with E-state index in [1.807, 2.05) is 0 Å². The number of hydrogen-bond acceptors (Lipinski definition) is 2. The van der Waals surface area contributed by atoms with Crippen LogP contribution in [-0.2, 0) is 11.0 Å². The van der Waals surface area contributed by atoms with Crippen molar-refractivity contribution in [2.75, 3.05) is 17.2 Å². The van der Waals surface area contributed by atoms with Gasteiger partial charge in [-0.3, -0.25) is 4.79 Å². The van der Waals surface area contributed by atoms with Crippen LogP contribution in [0.25, 0.3) is 0 Å². The van der Waals surface area contributed by atoms with Crippen molar-refractivity contribution in [3.05, 3.63) is 59.9 Å². The number of rotatable bonds is 4. The summed E-state index contributed by atoms with van der Waals surface area (Å²) < 4.78 is 51.1. The zero-order chi connectivity index (χ0) is 16.2. The number of carbonyl (C=O) groups excluding carboxylic acids is 1. The van der Waals surface area contributed by atoms with Crippen LogP contribution in [0.2, 0.25) is 0 Å². The molecule has 0 bridgehead atoms. The molecule has 22 heavy (non-hydrogen) atoms. The number of nitrogens with one attached hydrogen (secondary N) is 2. The predicted octanol–water partition coefficient (Wildman–Crippen LogP) is 3.90. The van der Waals surface area contributed by atoms with Gasteiger partial charge in [0.25, 0.3) is 0 Å². The summed E-state index contributed by atoms with van der Waals surface area (Å²) in [7, 11) is 0. The van der Waals surface area contributed by atoms with Crippen LogP contribution in [0.4, 0.5) is 28.9 Å². The SMILES string of the molecule is O=C(CNc1ccc(F)cc1)Nc1ccccc1C(F)(F)F. The van der Waals surface area contributed by atoms with Crippen LogP contribution in [0.5, 0.6) is 0 Å². The average molecular weight is 312 g/mol. The fourth-order valence-electron chi connectivity index (χ4n) is 1.78. The molecule has 7 heteroatoms. The molecular weight excluding hydrogens is 300 g/mol. The van der Waals surface area contributed by atoms with Gasteiger partial charge in [0.15, 0.2) is 0 Å². The first-order valence-corrected chi connectivity index (χ1v) is 6.32. The normalized spacial score (nSPS) is 11.1. The Balaban J connectivity index is 1.99. The van der Waals surface area contributed by atoms with Gasteiger partial charge in [0.05, 0.1) is 17.8 Å². The topological polar surface area (TPSA) is 41.1 Å². The molecule has 0 saturated heterocycles. The van der Waals surface area contributed by atoms with Crippen molar-refractivity contribution in [1.82, 2.24) is 0 Å². The van der Waals surface area contributed by atoms with E-state index in [2.05, 4.69) is 10.6 Å². The molecule has 0 radical (unpaired) electrons. The second-order valence-corrected chi connectivity index (χ2v) is 4.45. The van der Waals surface area contributed by atoms with Gasteiger partial charge in [0.1, 0.15) is 5.82 Å². The molecule has 0 aliphatic carbocycles. The van der Waals surface area contributed by atoms with Crippen molar-refractivity contribution in [3.63, 3.8) is 0 Å². The van der Waals surface area contributed by atoms with Crippen LogP contribution in [0, 0.1) is 5.82 Å². The first-order valence-electron chi connectivity index (χ1n) is 6.32. The number of anilines is 2. The van der Waals surface area contributed by atoms with Crippen molar-refractivity contribution < 1.29 is 22.4 Å². The van der Waals surface area contributed by atoms with E-state index in [0.29, 0.717) is 5.69 Å². The zero-order valence-electron chi connectivity index (χ0n) is 11.2. The molecule has 0 unspecified atom stereocenters. The van der Waals surface area contributed by atoms with Gasteiger partial charge in [-0.2, -0.15) is 13.2 Å². The second-order valence-electron chi connectivity index (χ2n) is 4.45. The minimum absolute atomic E-state index is 0.238. The zero-order valence-corrected chi connectivity index (χ0v) is 11.2. The van der Waals surface area contributed by atoms with Gasteiger partial charge in [0.2, 0.25) is 5.91 Å². The maximum absolute atomic E-state index is 12.8. The molecule has 3 nitrogen and oxygen atoms in total. The maximum atomic E-state index is 12.8. The molecule has 0 spiro atoms. The maximum Gasteiger partial charge on any atom is 0.418 e. The standard InChI is InChI=1S/C15H12F4N2O/c16-10-5-7-11(8-6-10)20-9-14(22)21-13-4-2-1-3-12(13)15(17,18)19/h1-8,20H,9H2,(H,21,22). The van der Waals surface area contributed by atoms with E-state index in [1.54, 1.807) is 0 Å². The molecule has 0 heterocycles. The molecular formula is C15H12F4N2O. The van der Waals surface area contributed by atoms with Gasteiger partial charge in [-0.15, -0.1) is 0 Å². The molecule has 0 aromatic heterocycles. The third kappa shape index (κ3) is 4.21. The lowest BCUT2D eigenvalue weighted by Gasteiger charge is -2.14. The molecule has 0 atom stereocenters. The van der Waals surface area contributed by atoms with E-state index >= 15 is 0 Å². The Morgan fingerprint density at radius 2 is 1.64 bits per heavy atom. The third-order valence-corrected chi connectivity index (χ3v) is 2.80. The van der Waals surface area contributed by atoms with Crippen molar-refractivity contribution in [2.45, 2.75) is 6.18 Å². The number of hydrogen-bond donors (Lipinski definition) is 2. The Kier molecular flexibility index (Phi) is 4.65. The van der Waals surface area contributed by atoms with E-state index < -0.39 is 23.5 Å². The number of amides is 1. The monoisotopic (exact) mass is 312 g/mol. The van der Waals surface area contributed by atoms with Crippen LogP contribution >= 0.6 is 0 Å². The first-order chi connectivity index (χ1) is 10.4. The highest BCUT2D eigenvalue weighted by Gasteiger charge is 2.33. The summed E-state index contributed by atoms with van der Waals surface area (Å²) in [5.41, 5.74) is -0.730. The smallest absolute Gasteiger partial charge is 0.376 e. The number of para-hydroxylation sites is 1. The molecule has 0 aliphatic heterocycles. The quantitative estimate of drug-likeness (QED) is 0.841. The summed E-state index contributed by atoms with van der Waals surface area (Å²) in [4.78, 5) is 11.7. The highest BCUT2D eigenvalue weighted by atomic mass is 19.4. The minimum atomic E-state index is -4.55. The summed E-state index contributed by atoms with van der Waals surface area (Å²) in [6.45, 7) is -0.238.